The third-order valence-corrected chi connectivity index (χ3v) is 5.23. The second-order valence-corrected chi connectivity index (χ2v) is 6.60. The number of para-hydroxylation sites is 2. The van der Waals surface area contributed by atoms with E-state index in [4.69, 9.17) is 4.98 Å². The SMILES string of the molecule is c1ccc2c(c1)nc(SC1CCCCC1)c1nncn12. The van der Waals surface area contributed by atoms with Crippen molar-refractivity contribution >= 4 is 28.4 Å². The number of nitrogens with zero attached hydrogens (tertiary/aromatic N) is 4. The molecule has 0 aliphatic heterocycles. The summed E-state index contributed by atoms with van der Waals surface area (Å²) < 4.78 is 2.05. The van der Waals surface area contributed by atoms with Gasteiger partial charge >= 0.3 is 0 Å². The largest absolute Gasteiger partial charge is 0.278 e. The summed E-state index contributed by atoms with van der Waals surface area (Å²) in [5.74, 6) is 0. The highest BCUT2D eigenvalue weighted by Gasteiger charge is 2.18. The number of thioether (sulfide) groups is 1. The molecule has 1 aromatic carbocycles. The first kappa shape index (κ1) is 12.1. The minimum Gasteiger partial charge on any atom is -0.278 e. The van der Waals surface area contributed by atoms with Gasteiger partial charge in [0.2, 0.25) is 0 Å². The van der Waals surface area contributed by atoms with Gasteiger partial charge in [0.1, 0.15) is 11.4 Å². The van der Waals surface area contributed by atoms with Crippen LogP contribution in [-0.4, -0.2) is 24.8 Å². The van der Waals surface area contributed by atoms with Gasteiger partial charge in [0, 0.05) is 5.25 Å². The fourth-order valence-electron chi connectivity index (χ4n) is 2.90. The molecule has 5 heteroatoms. The summed E-state index contributed by atoms with van der Waals surface area (Å²) in [6.45, 7) is 0. The molecule has 1 fully saturated rings. The molecular weight excluding hydrogens is 268 g/mol. The van der Waals surface area contributed by atoms with Gasteiger partial charge in [-0.2, -0.15) is 0 Å². The molecule has 2 heterocycles. The lowest BCUT2D eigenvalue weighted by Gasteiger charge is -2.20. The van der Waals surface area contributed by atoms with Crippen LogP contribution in [0.5, 0.6) is 0 Å². The van der Waals surface area contributed by atoms with E-state index in [1.807, 2.05) is 28.3 Å². The molecule has 2 aromatic heterocycles. The minimum absolute atomic E-state index is 0.679. The van der Waals surface area contributed by atoms with Crippen molar-refractivity contribution in [1.82, 2.24) is 19.6 Å². The second-order valence-electron chi connectivity index (χ2n) is 5.31. The molecule has 0 atom stereocenters. The summed E-state index contributed by atoms with van der Waals surface area (Å²) in [5, 5.41) is 10.0. The summed E-state index contributed by atoms with van der Waals surface area (Å²) in [6.07, 6.45) is 8.42. The number of benzene rings is 1. The maximum atomic E-state index is 4.81. The maximum absolute atomic E-state index is 4.81. The normalized spacial score (nSPS) is 17.0. The van der Waals surface area contributed by atoms with Gasteiger partial charge < -0.3 is 0 Å². The zero-order valence-corrected chi connectivity index (χ0v) is 12.0. The van der Waals surface area contributed by atoms with Crippen molar-refractivity contribution in [3.05, 3.63) is 30.6 Å². The molecular formula is C15H16N4S. The molecule has 20 heavy (non-hydrogen) atoms. The summed E-state index contributed by atoms with van der Waals surface area (Å²) >= 11 is 1.88. The molecule has 1 aliphatic carbocycles. The molecule has 1 saturated carbocycles. The average molecular weight is 284 g/mol. The molecule has 4 nitrogen and oxygen atoms in total. The molecule has 0 saturated heterocycles. The Labute approximate surface area is 121 Å². The van der Waals surface area contributed by atoms with E-state index in [-0.39, 0.29) is 0 Å². The van der Waals surface area contributed by atoms with Crippen LogP contribution in [0.3, 0.4) is 0 Å². The Hall–Kier alpha value is -1.62. The lowest BCUT2D eigenvalue weighted by Crippen LogP contribution is -2.08. The first-order chi connectivity index (χ1) is 9.92. The summed E-state index contributed by atoms with van der Waals surface area (Å²) in [6, 6.07) is 8.17. The molecule has 102 valence electrons. The van der Waals surface area contributed by atoms with Crippen LogP contribution >= 0.6 is 11.8 Å². The van der Waals surface area contributed by atoms with Crippen LogP contribution in [0.4, 0.5) is 0 Å². The molecule has 0 N–H and O–H groups in total. The topological polar surface area (TPSA) is 43.1 Å². The third-order valence-electron chi connectivity index (χ3n) is 3.93. The molecule has 3 aromatic rings. The summed E-state index contributed by atoms with van der Waals surface area (Å²) in [5.41, 5.74) is 2.97. The molecule has 0 unspecified atom stereocenters. The van der Waals surface area contributed by atoms with E-state index in [1.54, 1.807) is 6.33 Å². The lowest BCUT2D eigenvalue weighted by molar-refractivity contribution is 0.516. The van der Waals surface area contributed by atoms with E-state index >= 15 is 0 Å². The van der Waals surface area contributed by atoms with Crippen molar-refractivity contribution in [3.63, 3.8) is 0 Å². The van der Waals surface area contributed by atoms with Crippen LogP contribution < -0.4 is 0 Å². The van der Waals surface area contributed by atoms with Gasteiger partial charge in [-0.25, -0.2) is 4.98 Å². The Morgan fingerprint density at radius 1 is 1.10 bits per heavy atom. The van der Waals surface area contributed by atoms with Crippen LogP contribution in [0, 0.1) is 0 Å². The molecule has 1 aliphatic rings. The van der Waals surface area contributed by atoms with Gasteiger partial charge in [-0.05, 0) is 25.0 Å². The zero-order chi connectivity index (χ0) is 13.4. The Morgan fingerprint density at radius 3 is 2.85 bits per heavy atom. The van der Waals surface area contributed by atoms with Crippen LogP contribution in [0.1, 0.15) is 32.1 Å². The van der Waals surface area contributed by atoms with Crippen molar-refractivity contribution in [2.75, 3.05) is 0 Å². The van der Waals surface area contributed by atoms with Crippen molar-refractivity contribution in [2.45, 2.75) is 42.4 Å². The van der Waals surface area contributed by atoms with Gasteiger partial charge in [0.15, 0.2) is 5.65 Å². The number of hydrogen-bond donors (Lipinski definition) is 0. The second kappa shape index (κ2) is 5.05. The quantitative estimate of drug-likeness (QED) is 0.719. The maximum Gasteiger partial charge on any atom is 0.193 e. The van der Waals surface area contributed by atoms with Crippen molar-refractivity contribution in [2.24, 2.45) is 0 Å². The van der Waals surface area contributed by atoms with Crippen LogP contribution in [0.15, 0.2) is 35.6 Å². The molecule has 0 radical (unpaired) electrons. The minimum atomic E-state index is 0.679. The standard InChI is InChI=1S/C15H16N4S/c1-2-6-11(7-3-1)20-15-14-18-16-10-19(14)13-9-5-4-8-12(13)17-15/h4-5,8-11H,1-3,6-7H2. The Bertz CT molecular complexity index is 746. The predicted molar refractivity (Wildman–Crippen MR) is 81.0 cm³/mol. The van der Waals surface area contributed by atoms with E-state index in [1.165, 1.54) is 32.1 Å². The zero-order valence-electron chi connectivity index (χ0n) is 11.2. The number of aromatic nitrogens is 4. The van der Waals surface area contributed by atoms with Gasteiger partial charge in [-0.1, -0.05) is 43.2 Å². The van der Waals surface area contributed by atoms with Crippen LogP contribution in [0.25, 0.3) is 16.7 Å². The average Bonchev–Trinajstić information content (AvgIpc) is 2.98. The van der Waals surface area contributed by atoms with Crippen molar-refractivity contribution < 1.29 is 0 Å². The number of rotatable bonds is 2. The molecule has 0 amide bonds. The van der Waals surface area contributed by atoms with E-state index in [0.717, 1.165) is 21.7 Å². The molecule has 0 spiro atoms. The highest BCUT2D eigenvalue weighted by atomic mass is 32.2. The fourth-order valence-corrected chi connectivity index (χ4v) is 4.18. The van der Waals surface area contributed by atoms with Gasteiger partial charge in [-0.15, -0.1) is 10.2 Å². The molecule has 0 bridgehead atoms. The third kappa shape index (κ3) is 2.06. The Balaban J connectivity index is 1.82. The summed E-state index contributed by atoms with van der Waals surface area (Å²) in [4.78, 5) is 4.81. The molecule has 4 rings (SSSR count). The smallest absolute Gasteiger partial charge is 0.193 e. The highest BCUT2D eigenvalue weighted by Crippen LogP contribution is 2.35. The first-order valence-electron chi connectivity index (χ1n) is 7.17. The fraction of sp³-hybridized carbons (Fsp3) is 0.400. The van der Waals surface area contributed by atoms with Crippen molar-refractivity contribution in [3.8, 4) is 0 Å². The van der Waals surface area contributed by atoms with Gasteiger partial charge in [0.05, 0.1) is 11.0 Å². The highest BCUT2D eigenvalue weighted by molar-refractivity contribution is 8.00. The Kier molecular flexibility index (Phi) is 3.07. The predicted octanol–water partition coefficient (Wildman–Crippen LogP) is 3.70. The van der Waals surface area contributed by atoms with E-state index in [2.05, 4.69) is 22.3 Å². The monoisotopic (exact) mass is 284 g/mol. The summed E-state index contributed by atoms with van der Waals surface area (Å²) in [7, 11) is 0. The lowest BCUT2D eigenvalue weighted by atomic mass is 10.0. The van der Waals surface area contributed by atoms with Crippen molar-refractivity contribution in [1.29, 1.82) is 0 Å². The first-order valence-corrected chi connectivity index (χ1v) is 8.05. The van der Waals surface area contributed by atoms with Gasteiger partial charge in [-0.3, -0.25) is 4.40 Å². The number of hydrogen-bond acceptors (Lipinski definition) is 4. The van der Waals surface area contributed by atoms with E-state index < -0.39 is 0 Å². The van der Waals surface area contributed by atoms with Crippen LogP contribution in [0.2, 0.25) is 0 Å². The Morgan fingerprint density at radius 2 is 1.95 bits per heavy atom. The van der Waals surface area contributed by atoms with E-state index in [9.17, 15) is 0 Å². The number of fused-ring (bicyclic) bond motifs is 3. The van der Waals surface area contributed by atoms with E-state index in [0.29, 0.717) is 5.25 Å². The van der Waals surface area contributed by atoms with Gasteiger partial charge in [0.25, 0.3) is 0 Å². The van der Waals surface area contributed by atoms with Crippen LogP contribution in [-0.2, 0) is 0 Å².